The number of benzene rings is 1. The molecule has 3 nitrogen and oxygen atoms in total. The van der Waals surface area contributed by atoms with Crippen molar-refractivity contribution < 1.29 is 9.90 Å². The van der Waals surface area contributed by atoms with E-state index in [2.05, 4.69) is 5.32 Å². The highest BCUT2D eigenvalue weighted by atomic mass is 16.2. The van der Waals surface area contributed by atoms with E-state index in [4.69, 9.17) is 5.11 Å². The lowest BCUT2D eigenvalue weighted by Crippen LogP contribution is -2.10. The summed E-state index contributed by atoms with van der Waals surface area (Å²) < 4.78 is 0. The van der Waals surface area contributed by atoms with E-state index in [0.717, 1.165) is 37.8 Å². The molecule has 0 aliphatic carbocycles. The lowest BCUT2D eigenvalue weighted by Gasteiger charge is -2.05. The number of aliphatic hydroxyl groups is 1. The molecule has 0 bridgehead atoms. The van der Waals surface area contributed by atoms with Gasteiger partial charge >= 0.3 is 0 Å². The fraction of sp³-hybridized carbons (Fsp3) is 0.533. The average molecular weight is 249 g/mol. The molecule has 0 heterocycles. The third kappa shape index (κ3) is 6.40. The Morgan fingerprint density at radius 1 is 1.06 bits per heavy atom. The number of hydrogen-bond acceptors (Lipinski definition) is 2. The third-order valence-electron chi connectivity index (χ3n) is 2.90. The quantitative estimate of drug-likeness (QED) is 0.695. The molecule has 0 aliphatic rings. The van der Waals surface area contributed by atoms with Crippen molar-refractivity contribution in [3.63, 3.8) is 0 Å². The average Bonchev–Trinajstić information content (AvgIpc) is 2.36. The van der Waals surface area contributed by atoms with Crippen molar-refractivity contribution in [2.24, 2.45) is 0 Å². The monoisotopic (exact) mass is 249 g/mol. The first-order valence-corrected chi connectivity index (χ1v) is 6.70. The van der Waals surface area contributed by atoms with Gasteiger partial charge in [0, 0.05) is 18.7 Å². The van der Waals surface area contributed by atoms with Crippen molar-refractivity contribution in [1.29, 1.82) is 0 Å². The number of rotatable bonds is 8. The summed E-state index contributed by atoms with van der Waals surface area (Å²) in [6, 6.07) is 7.83. The van der Waals surface area contributed by atoms with E-state index < -0.39 is 0 Å². The summed E-state index contributed by atoms with van der Waals surface area (Å²) in [6.45, 7) is 2.30. The number of unbranched alkanes of at least 4 members (excludes halogenated alkanes) is 4. The molecule has 0 saturated heterocycles. The Hall–Kier alpha value is -1.35. The molecule has 0 spiro atoms. The Balaban J connectivity index is 2.12. The first-order chi connectivity index (χ1) is 8.72. The van der Waals surface area contributed by atoms with Crippen LogP contribution >= 0.6 is 0 Å². The van der Waals surface area contributed by atoms with Crippen LogP contribution in [0, 0.1) is 6.92 Å². The molecule has 2 N–H and O–H groups in total. The molecule has 0 aliphatic heterocycles. The topological polar surface area (TPSA) is 49.3 Å². The molecule has 0 aromatic heterocycles. The smallest absolute Gasteiger partial charge is 0.224 e. The molecule has 1 aromatic rings. The molecule has 0 fully saturated rings. The molecule has 0 radical (unpaired) electrons. The van der Waals surface area contributed by atoms with Crippen LogP contribution in [-0.2, 0) is 4.79 Å². The Bertz CT molecular complexity index is 346. The molecule has 1 amide bonds. The normalized spacial score (nSPS) is 10.3. The first-order valence-electron chi connectivity index (χ1n) is 6.70. The summed E-state index contributed by atoms with van der Waals surface area (Å²) in [5, 5.41) is 11.5. The van der Waals surface area contributed by atoms with Gasteiger partial charge in [0.25, 0.3) is 0 Å². The van der Waals surface area contributed by atoms with E-state index in [9.17, 15) is 4.79 Å². The molecule has 1 rings (SSSR count). The summed E-state index contributed by atoms with van der Waals surface area (Å²) in [5.41, 5.74) is 2.06. The van der Waals surface area contributed by atoms with Gasteiger partial charge in [-0.05, 0) is 31.9 Å². The molecule has 100 valence electrons. The SMILES string of the molecule is Cc1ccc(NC(=O)CCCCCCCO)cc1. The van der Waals surface area contributed by atoms with Crippen molar-refractivity contribution >= 4 is 11.6 Å². The molecule has 0 atom stereocenters. The van der Waals surface area contributed by atoms with Gasteiger partial charge in [-0.2, -0.15) is 0 Å². The van der Waals surface area contributed by atoms with Crippen LogP contribution in [0.5, 0.6) is 0 Å². The number of carbonyl (C=O) groups is 1. The number of anilines is 1. The fourth-order valence-corrected chi connectivity index (χ4v) is 1.79. The van der Waals surface area contributed by atoms with E-state index in [1.165, 1.54) is 5.56 Å². The van der Waals surface area contributed by atoms with E-state index in [0.29, 0.717) is 6.42 Å². The van der Waals surface area contributed by atoms with Crippen LogP contribution in [-0.4, -0.2) is 17.6 Å². The minimum Gasteiger partial charge on any atom is -0.396 e. The standard InChI is InChI=1S/C15H23NO2/c1-13-8-10-14(11-9-13)16-15(18)7-5-3-2-4-6-12-17/h8-11,17H,2-7,12H2,1H3,(H,16,18). The van der Waals surface area contributed by atoms with Gasteiger partial charge in [-0.1, -0.05) is 37.0 Å². The van der Waals surface area contributed by atoms with Crippen LogP contribution < -0.4 is 5.32 Å². The number of hydrogen-bond donors (Lipinski definition) is 2. The molecule has 18 heavy (non-hydrogen) atoms. The predicted octanol–water partition coefficient (Wildman–Crippen LogP) is 3.27. The highest BCUT2D eigenvalue weighted by Gasteiger charge is 2.01. The van der Waals surface area contributed by atoms with E-state index in [1.54, 1.807) is 0 Å². The van der Waals surface area contributed by atoms with E-state index >= 15 is 0 Å². The molecular weight excluding hydrogens is 226 g/mol. The van der Waals surface area contributed by atoms with Crippen LogP contribution in [0.25, 0.3) is 0 Å². The van der Waals surface area contributed by atoms with Crippen LogP contribution in [0.4, 0.5) is 5.69 Å². The summed E-state index contributed by atoms with van der Waals surface area (Å²) in [6.07, 6.45) is 5.57. The number of carbonyl (C=O) groups excluding carboxylic acids is 1. The number of amides is 1. The molecular formula is C15H23NO2. The van der Waals surface area contributed by atoms with Crippen LogP contribution in [0.2, 0.25) is 0 Å². The van der Waals surface area contributed by atoms with Crippen molar-refractivity contribution in [2.75, 3.05) is 11.9 Å². The Morgan fingerprint density at radius 2 is 1.67 bits per heavy atom. The maximum absolute atomic E-state index is 11.6. The Kier molecular flexibility index (Phi) is 7.11. The lowest BCUT2D eigenvalue weighted by atomic mass is 10.1. The zero-order valence-corrected chi connectivity index (χ0v) is 11.1. The second-order valence-electron chi connectivity index (χ2n) is 4.66. The van der Waals surface area contributed by atoms with Gasteiger partial charge in [0.05, 0.1) is 0 Å². The Morgan fingerprint density at radius 3 is 2.33 bits per heavy atom. The predicted molar refractivity (Wildman–Crippen MR) is 74.6 cm³/mol. The summed E-state index contributed by atoms with van der Waals surface area (Å²) in [4.78, 5) is 11.6. The molecule has 1 aromatic carbocycles. The van der Waals surface area contributed by atoms with Crippen LogP contribution in [0.15, 0.2) is 24.3 Å². The third-order valence-corrected chi connectivity index (χ3v) is 2.90. The minimum atomic E-state index is 0.0843. The maximum Gasteiger partial charge on any atom is 0.224 e. The van der Waals surface area contributed by atoms with Crippen molar-refractivity contribution in [2.45, 2.75) is 45.4 Å². The van der Waals surface area contributed by atoms with E-state index in [-0.39, 0.29) is 12.5 Å². The zero-order chi connectivity index (χ0) is 13.2. The van der Waals surface area contributed by atoms with E-state index in [1.807, 2.05) is 31.2 Å². The first kappa shape index (κ1) is 14.7. The Labute approximate surface area is 109 Å². The van der Waals surface area contributed by atoms with Gasteiger partial charge in [0.15, 0.2) is 0 Å². The molecule has 0 saturated carbocycles. The highest BCUT2D eigenvalue weighted by molar-refractivity contribution is 5.90. The van der Waals surface area contributed by atoms with Gasteiger partial charge in [-0.3, -0.25) is 4.79 Å². The molecule has 0 unspecified atom stereocenters. The number of aryl methyl sites for hydroxylation is 1. The van der Waals surface area contributed by atoms with Crippen molar-refractivity contribution in [3.8, 4) is 0 Å². The fourth-order valence-electron chi connectivity index (χ4n) is 1.79. The van der Waals surface area contributed by atoms with Gasteiger partial charge in [0.1, 0.15) is 0 Å². The highest BCUT2D eigenvalue weighted by Crippen LogP contribution is 2.10. The largest absolute Gasteiger partial charge is 0.396 e. The zero-order valence-electron chi connectivity index (χ0n) is 11.1. The van der Waals surface area contributed by atoms with Crippen LogP contribution in [0.1, 0.15) is 44.1 Å². The minimum absolute atomic E-state index is 0.0843. The van der Waals surface area contributed by atoms with Gasteiger partial charge < -0.3 is 10.4 Å². The maximum atomic E-state index is 11.6. The lowest BCUT2D eigenvalue weighted by molar-refractivity contribution is -0.116. The molecule has 3 heteroatoms. The van der Waals surface area contributed by atoms with Crippen molar-refractivity contribution in [1.82, 2.24) is 0 Å². The number of aliphatic hydroxyl groups excluding tert-OH is 1. The summed E-state index contributed by atoms with van der Waals surface area (Å²) >= 11 is 0. The second-order valence-corrected chi connectivity index (χ2v) is 4.66. The summed E-state index contributed by atoms with van der Waals surface area (Å²) in [7, 11) is 0. The van der Waals surface area contributed by atoms with Crippen molar-refractivity contribution in [3.05, 3.63) is 29.8 Å². The summed E-state index contributed by atoms with van der Waals surface area (Å²) in [5.74, 6) is 0.0843. The number of nitrogens with one attached hydrogen (secondary N) is 1. The van der Waals surface area contributed by atoms with Gasteiger partial charge in [0.2, 0.25) is 5.91 Å². The van der Waals surface area contributed by atoms with Gasteiger partial charge in [-0.15, -0.1) is 0 Å². The second kappa shape index (κ2) is 8.70. The van der Waals surface area contributed by atoms with Crippen LogP contribution in [0.3, 0.4) is 0 Å². The van der Waals surface area contributed by atoms with Gasteiger partial charge in [-0.25, -0.2) is 0 Å².